The van der Waals surface area contributed by atoms with E-state index in [4.69, 9.17) is 23.7 Å². The number of esters is 2. The Morgan fingerprint density at radius 3 is 1.28 bits per heavy atom. The average molecular weight is 995 g/mol. The second kappa shape index (κ2) is 35.7. The number of carbonyl (C=O) groups excluding carboxylic acids is 8. The van der Waals surface area contributed by atoms with Crippen molar-refractivity contribution in [1.82, 2.24) is 16.0 Å². The van der Waals surface area contributed by atoms with Crippen LogP contribution in [0.3, 0.4) is 0 Å². The first-order valence-electron chi connectivity index (χ1n) is 21.3. The lowest BCUT2D eigenvalue weighted by molar-refractivity contribution is -0.149. The molecular weight excluding hydrogens is 941 g/mol. The zero-order chi connectivity index (χ0) is 48.9. The largest absolute Gasteiger partial charge is 0.466 e. The summed E-state index contributed by atoms with van der Waals surface area (Å²) in [6, 6.07) is 21.7. The van der Waals surface area contributed by atoms with Gasteiger partial charge in [-0.1, -0.05) is 72.8 Å². The maximum absolute atomic E-state index is 13.1. The SMILES string of the molecule is O=C=NCc1cccc(CNC(=O)OCCSCCCOC(=O)CC(SCCOC(=O)NCc2cccc(CN=C=O)c2)C(=O)OCCCSCCOC(=O)NCc2cccc(CN=C=O)c2)c1. The van der Waals surface area contributed by atoms with Gasteiger partial charge in [0.05, 0.1) is 39.3 Å². The van der Waals surface area contributed by atoms with Gasteiger partial charge < -0.3 is 39.6 Å². The summed E-state index contributed by atoms with van der Waals surface area (Å²) in [4.78, 5) is 104. The fraction of sp³-hybridized carbons (Fsp3) is 0.435. The minimum atomic E-state index is -0.920. The van der Waals surface area contributed by atoms with Crippen molar-refractivity contribution in [3.05, 3.63) is 106 Å². The van der Waals surface area contributed by atoms with Crippen molar-refractivity contribution >= 4 is 83.7 Å². The van der Waals surface area contributed by atoms with E-state index >= 15 is 0 Å². The molecule has 3 N–H and O–H groups in total. The van der Waals surface area contributed by atoms with Crippen molar-refractivity contribution in [3.8, 4) is 0 Å². The molecule has 0 radical (unpaired) electrons. The van der Waals surface area contributed by atoms with Crippen LogP contribution >= 0.6 is 35.3 Å². The van der Waals surface area contributed by atoms with Gasteiger partial charge in [0.1, 0.15) is 25.1 Å². The van der Waals surface area contributed by atoms with Gasteiger partial charge in [0.15, 0.2) is 0 Å². The number of hydrogen-bond donors (Lipinski definition) is 3. The van der Waals surface area contributed by atoms with Crippen molar-refractivity contribution < 1.29 is 62.0 Å². The van der Waals surface area contributed by atoms with E-state index in [1.54, 1.807) is 36.4 Å². The molecule has 22 heteroatoms. The molecule has 364 valence electrons. The Bertz CT molecular complexity index is 2200. The van der Waals surface area contributed by atoms with Crippen molar-refractivity contribution in [2.75, 3.05) is 61.8 Å². The molecule has 0 aliphatic rings. The van der Waals surface area contributed by atoms with Gasteiger partial charge in [0.25, 0.3) is 0 Å². The van der Waals surface area contributed by atoms with Crippen LogP contribution in [-0.4, -0.2) is 116 Å². The molecule has 0 saturated carbocycles. The summed E-state index contributed by atoms with van der Waals surface area (Å²) in [5, 5.41) is 7.08. The molecule has 0 fully saturated rings. The first kappa shape index (κ1) is 55.9. The number of thioether (sulfide) groups is 3. The molecule has 3 rings (SSSR count). The normalized spacial score (nSPS) is 10.7. The van der Waals surface area contributed by atoms with E-state index < -0.39 is 35.5 Å². The molecule has 1 unspecified atom stereocenters. The lowest BCUT2D eigenvalue weighted by atomic mass is 10.1. The van der Waals surface area contributed by atoms with Crippen molar-refractivity contribution in [2.45, 2.75) is 63.8 Å². The average Bonchev–Trinajstić information content (AvgIpc) is 3.35. The highest BCUT2D eigenvalue weighted by Crippen LogP contribution is 2.19. The van der Waals surface area contributed by atoms with E-state index in [0.29, 0.717) is 35.9 Å². The molecule has 0 aliphatic carbocycles. The van der Waals surface area contributed by atoms with Crippen LogP contribution in [0.2, 0.25) is 0 Å². The van der Waals surface area contributed by atoms with Crippen LogP contribution in [0, 0.1) is 0 Å². The summed E-state index contributed by atoms with van der Waals surface area (Å²) in [6.45, 7) is 1.76. The van der Waals surface area contributed by atoms with Crippen LogP contribution in [0.1, 0.15) is 52.6 Å². The molecule has 0 heterocycles. The number of aliphatic imine (C=N–C) groups is 3. The van der Waals surface area contributed by atoms with E-state index in [1.165, 1.54) is 41.8 Å². The summed E-state index contributed by atoms with van der Waals surface area (Å²) in [7, 11) is 0. The lowest BCUT2D eigenvalue weighted by Gasteiger charge is -2.16. The Labute approximate surface area is 406 Å². The molecule has 0 spiro atoms. The minimum Gasteiger partial charge on any atom is -0.466 e. The summed E-state index contributed by atoms with van der Waals surface area (Å²) >= 11 is 4.13. The zero-order valence-electron chi connectivity index (χ0n) is 37.3. The fourth-order valence-electron chi connectivity index (χ4n) is 5.67. The van der Waals surface area contributed by atoms with Gasteiger partial charge >= 0.3 is 30.2 Å². The number of alkyl carbamates (subject to hydrolysis) is 3. The molecule has 3 aromatic rings. The van der Waals surface area contributed by atoms with Gasteiger partial charge in [-0.15, -0.1) is 11.8 Å². The second-order valence-electron chi connectivity index (χ2n) is 14.0. The summed E-state index contributed by atoms with van der Waals surface area (Å²) < 4.78 is 26.6. The number of hydrogen-bond acceptors (Lipinski definition) is 19. The Morgan fingerprint density at radius 1 is 0.485 bits per heavy atom. The Balaban J connectivity index is 1.33. The Kier molecular flexibility index (Phi) is 29.4. The molecule has 0 aliphatic heterocycles. The molecule has 68 heavy (non-hydrogen) atoms. The van der Waals surface area contributed by atoms with Gasteiger partial charge in [0, 0.05) is 36.9 Å². The molecule has 3 amide bonds. The molecular formula is C46H54N6O13S3. The van der Waals surface area contributed by atoms with Crippen LogP contribution in [0.15, 0.2) is 87.8 Å². The summed E-state index contributed by atoms with van der Waals surface area (Å²) in [5.74, 6) is 1.27. The van der Waals surface area contributed by atoms with Crippen LogP contribution in [0.25, 0.3) is 0 Å². The van der Waals surface area contributed by atoms with E-state index in [1.807, 2.05) is 36.4 Å². The molecule has 0 bridgehead atoms. The third kappa shape index (κ3) is 26.7. The van der Waals surface area contributed by atoms with Crippen LogP contribution < -0.4 is 16.0 Å². The standard InChI is InChI=1S/C46H54N6O13S3/c53-32-47-26-35-6-1-9-38(22-35)29-50-44(58)63-14-19-66-17-4-12-61-42(56)25-41(68-21-16-65-46(60)52-31-40-11-3-8-37(24-40)28-49-34-55)43(57)62-13-5-18-67-20-15-64-45(59)51-30-39-10-2-7-36(23-39)27-48-33-54/h1-3,6-11,22-24,41H,4-5,12-21,25-31H2,(H,50,58)(H,51,59)(H,52,60). The number of nitrogens with zero attached hydrogens (tertiary/aromatic N) is 3. The number of ether oxygens (including phenoxy) is 5. The monoisotopic (exact) mass is 994 g/mol. The van der Waals surface area contributed by atoms with Crippen molar-refractivity contribution in [1.29, 1.82) is 0 Å². The predicted octanol–water partition coefficient (Wildman–Crippen LogP) is 6.10. The highest BCUT2D eigenvalue weighted by atomic mass is 32.2. The smallest absolute Gasteiger partial charge is 0.407 e. The maximum atomic E-state index is 13.1. The van der Waals surface area contributed by atoms with Crippen molar-refractivity contribution in [3.63, 3.8) is 0 Å². The fourth-order valence-corrected chi connectivity index (χ4v) is 8.05. The van der Waals surface area contributed by atoms with E-state index in [9.17, 15) is 38.4 Å². The summed E-state index contributed by atoms with van der Waals surface area (Å²) in [6.07, 6.45) is 3.44. The predicted molar refractivity (Wildman–Crippen MR) is 256 cm³/mol. The third-order valence-electron chi connectivity index (χ3n) is 8.81. The highest BCUT2D eigenvalue weighted by Gasteiger charge is 2.25. The molecule has 19 nitrogen and oxygen atoms in total. The quantitative estimate of drug-likeness (QED) is 0.0205. The Morgan fingerprint density at radius 2 is 0.868 bits per heavy atom. The molecule has 0 aromatic heterocycles. The number of isocyanates is 3. The number of amides is 3. The number of rotatable bonds is 33. The minimum absolute atomic E-state index is 0.0544. The Hall–Kier alpha value is -6.40. The number of nitrogens with one attached hydrogen (secondary N) is 3. The topological polar surface area (TPSA) is 256 Å². The maximum Gasteiger partial charge on any atom is 0.407 e. The number of benzene rings is 3. The first-order chi connectivity index (χ1) is 33.2. The zero-order valence-corrected chi connectivity index (χ0v) is 39.8. The van der Waals surface area contributed by atoms with E-state index in [-0.39, 0.29) is 84.5 Å². The van der Waals surface area contributed by atoms with E-state index in [0.717, 1.165) is 45.1 Å². The lowest BCUT2D eigenvalue weighted by Crippen LogP contribution is -2.27. The van der Waals surface area contributed by atoms with Crippen LogP contribution in [0.4, 0.5) is 14.4 Å². The molecule has 1 atom stereocenters. The third-order valence-corrected chi connectivity index (χ3v) is 12.0. The van der Waals surface area contributed by atoms with E-state index in [2.05, 4.69) is 30.9 Å². The number of carbonyl (C=O) groups is 5. The van der Waals surface area contributed by atoms with Gasteiger partial charge in [-0.25, -0.2) is 43.7 Å². The van der Waals surface area contributed by atoms with Gasteiger partial charge in [-0.3, -0.25) is 9.59 Å². The van der Waals surface area contributed by atoms with Gasteiger partial charge in [0.2, 0.25) is 18.2 Å². The van der Waals surface area contributed by atoms with Crippen LogP contribution in [0.5, 0.6) is 0 Å². The molecule has 0 saturated heterocycles. The highest BCUT2D eigenvalue weighted by molar-refractivity contribution is 8.00. The molecule has 3 aromatic carbocycles. The van der Waals surface area contributed by atoms with Crippen LogP contribution in [-0.2, 0) is 86.9 Å². The van der Waals surface area contributed by atoms with Gasteiger partial charge in [-0.2, -0.15) is 23.5 Å². The second-order valence-corrected chi connectivity index (χ2v) is 17.8. The van der Waals surface area contributed by atoms with Crippen molar-refractivity contribution in [2.24, 2.45) is 15.0 Å². The summed E-state index contributed by atoms with van der Waals surface area (Å²) in [5.41, 5.74) is 4.85. The first-order valence-corrected chi connectivity index (χ1v) is 24.7. The van der Waals surface area contributed by atoms with Gasteiger partial charge in [-0.05, 0) is 57.7 Å².